The Bertz CT molecular complexity index is 571. The SMILES string of the molecule is O=c1[nH]nc(SCCc2ccccc2)n1C1CC1. The number of thioether (sulfide) groups is 1. The number of aromatic nitrogens is 3. The van der Waals surface area contributed by atoms with Crippen LogP contribution in [0, 0.1) is 0 Å². The minimum Gasteiger partial charge on any atom is -0.267 e. The Labute approximate surface area is 109 Å². The lowest BCUT2D eigenvalue weighted by molar-refractivity contribution is 0.642. The van der Waals surface area contributed by atoms with Crippen molar-refractivity contribution in [1.82, 2.24) is 14.8 Å². The number of benzene rings is 1. The minimum atomic E-state index is -0.0697. The zero-order valence-electron chi connectivity index (χ0n) is 10.0. The maximum absolute atomic E-state index is 11.6. The van der Waals surface area contributed by atoms with Gasteiger partial charge < -0.3 is 0 Å². The van der Waals surface area contributed by atoms with Gasteiger partial charge in [-0.2, -0.15) is 0 Å². The highest BCUT2D eigenvalue weighted by atomic mass is 32.2. The minimum absolute atomic E-state index is 0.0697. The Hall–Kier alpha value is -1.49. The summed E-state index contributed by atoms with van der Waals surface area (Å²) in [6.45, 7) is 0. The Morgan fingerprint density at radius 3 is 2.83 bits per heavy atom. The number of rotatable bonds is 5. The maximum atomic E-state index is 11.6. The second-order valence-corrected chi connectivity index (χ2v) is 5.56. The van der Waals surface area contributed by atoms with Crippen LogP contribution in [0.1, 0.15) is 24.4 Å². The molecule has 0 spiro atoms. The molecule has 2 aromatic rings. The first kappa shape index (κ1) is 11.6. The van der Waals surface area contributed by atoms with Crippen molar-refractivity contribution in [3.63, 3.8) is 0 Å². The molecule has 0 saturated heterocycles. The molecule has 0 bridgehead atoms. The molecule has 1 aromatic carbocycles. The van der Waals surface area contributed by atoms with Crippen molar-refractivity contribution in [3.8, 4) is 0 Å². The standard InChI is InChI=1S/C13H15N3OS/c17-12-14-15-13(16(12)11-6-7-11)18-9-8-10-4-2-1-3-5-10/h1-5,11H,6-9H2,(H,14,17). The number of nitrogens with one attached hydrogen (secondary N) is 1. The molecule has 1 heterocycles. The van der Waals surface area contributed by atoms with Crippen LogP contribution in [-0.2, 0) is 6.42 Å². The molecule has 1 aromatic heterocycles. The van der Waals surface area contributed by atoms with Crippen LogP contribution >= 0.6 is 11.8 Å². The smallest absolute Gasteiger partial charge is 0.267 e. The topological polar surface area (TPSA) is 50.7 Å². The van der Waals surface area contributed by atoms with E-state index in [0.717, 1.165) is 30.2 Å². The molecule has 1 aliphatic carbocycles. The second-order valence-electron chi connectivity index (χ2n) is 4.50. The number of aryl methyl sites for hydroxylation is 1. The lowest BCUT2D eigenvalue weighted by Gasteiger charge is -2.03. The highest BCUT2D eigenvalue weighted by molar-refractivity contribution is 7.99. The molecule has 1 saturated carbocycles. The van der Waals surface area contributed by atoms with E-state index >= 15 is 0 Å². The van der Waals surface area contributed by atoms with Crippen LogP contribution in [0.25, 0.3) is 0 Å². The Morgan fingerprint density at radius 1 is 1.33 bits per heavy atom. The van der Waals surface area contributed by atoms with Gasteiger partial charge in [0.2, 0.25) is 0 Å². The molecule has 1 aliphatic rings. The van der Waals surface area contributed by atoms with E-state index in [9.17, 15) is 4.79 Å². The Balaban J connectivity index is 1.62. The Morgan fingerprint density at radius 2 is 2.11 bits per heavy atom. The molecular formula is C13H15N3OS. The summed E-state index contributed by atoms with van der Waals surface area (Å²) in [4.78, 5) is 11.6. The third-order valence-corrected chi connectivity index (χ3v) is 4.00. The van der Waals surface area contributed by atoms with E-state index in [4.69, 9.17) is 0 Å². The molecule has 0 atom stereocenters. The maximum Gasteiger partial charge on any atom is 0.344 e. The summed E-state index contributed by atoms with van der Waals surface area (Å²) in [7, 11) is 0. The largest absolute Gasteiger partial charge is 0.344 e. The molecule has 5 heteroatoms. The summed E-state index contributed by atoms with van der Waals surface area (Å²) in [6.07, 6.45) is 3.20. The molecule has 1 N–H and O–H groups in total. The summed E-state index contributed by atoms with van der Waals surface area (Å²) in [5, 5.41) is 7.47. The van der Waals surface area contributed by atoms with Crippen LogP contribution in [0.4, 0.5) is 0 Å². The highest BCUT2D eigenvalue weighted by Crippen LogP contribution is 2.36. The fourth-order valence-corrected chi connectivity index (χ4v) is 2.95. The summed E-state index contributed by atoms with van der Waals surface area (Å²) in [5.41, 5.74) is 1.25. The van der Waals surface area contributed by atoms with Gasteiger partial charge in [-0.15, -0.1) is 5.10 Å². The number of aromatic amines is 1. The average Bonchev–Trinajstić information content (AvgIpc) is 3.16. The fourth-order valence-electron chi connectivity index (χ4n) is 1.95. The fraction of sp³-hybridized carbons (Fsp3) is 0.385. The third kappa shape index (κ3) is 2.51. The van der Waals surface area contributed by atoms with E-state index in [-0.39, 0.29) is 5.69 Å². The van der Waals surface area contributed by atoms with Crippen LogP contribution in [0.5, 0.6) is 0 Å². The predicted molar refractivity (Wildman–Crippen MR) is 72.0 cm³/mol. The van der Waals surface area contributed by atoms with Gasteiger partial charge in [0.15, 0.2) is 5.16 Å². The molecule has 18 heavy (non-hydrogen) atoms. The molecule has 1 fully saturated rings. The number of hydrogen-bond donors (Lipinski definition) is 1. The van der Waals surface area contributed by atoms with Crippen LogP contribution in [0.3, 0.4) is 0 Å². The zero-order chi connectivity index (χ0) is 12.4. The number of hydrogen-bond acceptors (Lipinski definition) is 3. The second kappa shape index (κ2) is 5.02. The summed E-state index contributed by atoms with van der Waals surface area (Å²) in [5.74, 6) is 0.945. The van der Waals surface area contributed by atoms with Crippen molar-refractivity contribution in [3.05, 3.63) is 46.4 Å². The highest BCUT2D eigenvalue weighted by Gasteiger charge is 2.28. The van der Waals surface area contributed by atoms with Gasteiger partial charge in [-0.25, -0.2) is 9.89 Å². The van der Waals surface area contributed by atoms with E-state index in [2.05, 4.69) is 34.5 Å². The van der Waals surface area contributed by atoms with E-state index in [1.165, 1.54) is 5.56 Å². The monoisotopic (exact) mass is 261 g/mol. The van der Waals surface area contributed by atoms with Crippen LogP contribution in [0.2, 0.25) is 0 Å². The molecule has 3 rings (SSSR count). The third-order valence-electron chi connectivity index (χ3n) is 3.05. The van der Waals surface area contributed by atoms with Crippen molar-refractivity contribution in [2.75, 3.05) is 5.75 Å². The van der Waals surface area contributed by atoms with Crippen LogP contribution < -0.4 is 5.69 Å². The molecule has 0 amide bonds. The van der Waals surface area contributed by atoms with Gasteiger partial charge in [0.1, 0.15) is 0 Å². The van der Waals surface area contributed by atoms with Crippen molar-refractivity contribution < 1.29 is 0 Å². The summed E-state index contributed by atoms with van der Waals surface area (Å²) >= 11 is 1.65. The van der Waals surface area contributed by atoms with Gasteiger partial charge >= 0.3 is 5.69 Å². The van der Waals surface area contributed by atoms with Gasteiger partial charge in [0.05, 0.1) is 0 Å². The van der Waals surface area contributed by atoms with E-state index in [1.807, 2.05) is 6.07 Å². The normalized spacial score (nSPS) is 14.9. The molecule has 0 unspecified atom stereocenters. The van der Waals surface area contributed by atoms with Crippen molar-refractivity contribution >= 4 is 11.8 Å². The first-order chi connectivity index (χ1) is 8.84. The average molecular weight is 261 g/mol. The van der Waals surface area contributed by atoms with E-state index in [1.54, 1.807) is 16.3 Å². The number of nitrogens with zero attached hydrogens (tertiary/aromatic N) is 2. The molecular weight excluding hydrogens is 246 g/mol. The zero-order valence-corrected chi connectivity index (χ0v) is 10.8. The first-order valence-electron chi connectivity index (χ1n) is 6.18. The van der Waals surface area contributed by atoms with Crippen LogP contribution in [-0.4, -0.2) is 20.5 Å². The molecule has 4 nitrogen and oxygen atoms in total. The van der Waals surface area contributed by atoms with Crippen molar-refractivity contribution in [2.24, 2.45) is 0 Å². The van der Waals surface area contributed by atoms with Gasteiger partial charge in [-0.3, -0.25) is 4.57 Å². The molecule has 0 aliphatic heterocycles. The molecule has 0 radical (unpaired) electrons. The summed E-state index contributed by atoms with van der Waals surface area (Å²) in [6, 6.07) is 10.8. The predicted octanol–water partition coefficient (Wildman–Crippen LogP) is 2.24. The van der Waals surface area contributed by atoms with Crippen molar-refractivity contribution in [1.29, 1.82) is 0 Å². The van der Waals surface area contributed by atoms with Crippen LogP contribution in [0.15, 0.2) is 40.3 Å². The van der Waals surface area contributed by atoms with Gasteiger partial charge in [-0.05, 0) is 24.8 Å². The van der Waals surface area contributed by atoms with Crippen molar-refractivity contribution in [2.45, 2.75) is 30.5 Å². The Kier molecular flexibility index (Phi) is 3.23. The lowest BCUT2D eigenvalue weighted by atomic mass is 10.2. The van der Waals surface area contributed by atoms with Gasteiger partial charge in [-0.1, -0.05) is 42.1 Å². The quantitative estimate of drug-likeness (QED) is 0.840. The number of H-pyrrole nitrogens is 1. The first-order valence-corrected chi connectivity index (χ1v) is 7.17. The lowest BCUT2D eigenvalue weighted by Crippen LogP contribution is -2.16. The van der Waals surface area contributed by atoms with Gasteiger partial charge in [0.25, 0.3) is 0 Å². The van der Waals surface area contributed by atoms with Gasteiger partial charge in [0, 0.05) is 11.8 Å². The van der Waals surface area contributed by atoms with E-state index < -0.39 is 0 Å². The van der Waals surface area contributed by atoms with E-state index in [0.29, 0.717) is 6.04 Å². The molecule has 94 valence electrons. The summed E-state index contributed by atoms with van der Waals surface area (Å²) < 4.78 is 1.80.